The zero-order chi connectivity index (χ0) is 18.9. The fourth-order valence-corrected chi connectivity index (χ4v) is 2.81. The normalized spacial score (nSPS) is 12.8. The molecule has 1 unspecified atom stereocenters. The van der Waals surface area contributed by atoms with Gasteiger partial charge in [0.1, 0.15) is 0 Å². The summed E-state index contributed by atoms with van der Waals surface area (Å²) in [4.78, 5) is 23.0. The summed E-state index contributed by atoms with van der Waals surface area (Å²) in [5.41, 5.74) is 0.631. The Hall–Kier alpha value is -1.97. The van der Waals surface area contributed by atoms with Crippen molar-refractivity contribution >= 4 is 21.9 Å². The van der Waals surface area contributed by atoms with Crippen LogP contribution in [0.1, 0.15) is 31.9 Å². The summed E-state index contributed by atoms with van der Waals surface area (Å²) in [7, 11) is -3.65. The van der Waals surface area contributed by atoms with Crippen LogP contribution in [0.3, 0.4) is 0 Å². The van der Waals surface area contributed by atoms with E-state index in [9.17, 15) is 18.0 Å². The molecule has 0 saturated carbocycles. The Bertz CT molecular complexity index is 660. The molecule has 0 saturated heterocycles. The van der Waals surface area contributed by atoms with E-state index < -0.39 is 34.5 Å². The van der Waals surface area contributed by atoms with E-state index >= 15 is 0 Å². The summed E-state index contributed by atoms with van der Waals surface area (Å²) < 4.78 is 30.9. The van der Waals surface area contributed by atoms with Crippen molar-refractivity contribution < 1.29 is 27.9 Å². The van der Waals surface area contributed by atoms with Gasteiger partial charge in [-0.15, -0.1) is 0 Å². The molecule has 0 radical (unpaired) electrons. The van der Waals surface area contributed by atoms with Crippen molar-refractivity contribution in [1.29, 1.82) is 0 Å². The number of amides is 1. The highest BCUT2D eigenvalue weighted by Crippen LogP contribution is 2.16. The lowest BCUT2D eigenvalue weighted by Gasteiger charge is -2.17. The lowest BCUT2D eigenvalue weighted by molar-refractivity contribution is -0.137. The van der Waals surface area contributed by atoms with Crippen molar-refractivity contribution in [3.05, 3.63) is 35.9 Å². The van der Waals surface area contributed by atoms with Crippen LogP contribution in [0.4, 0.5) is 0 Å². The summed E-state index contributed by atoms with van der Waals surface area (Å²) in [5, 5.41) is 11.5. The third-order valence-corrected chi connectivity index (χ3v) is 4.46. The second kappa shape index (κ2) is 10.1. The number of carboxylic acids is 1. The molecule has 1 atom stereocenters. The van der Waals surface area contributed by atoms with E-state index in [-0.39, 0.29) is 24.9 Å². The lowest BCUT2D eigenvalue weighted by atomic mass is 10.0. The molecule has 3 N–H and O–H groups in total. The Morgan fingerprint density at radius 1 is 1.20 bits per heavy atom. The zero-order valence-electron chi connectivity index (χ0n) is 14.3. The van der Waals surface area contributed by atoms with E-state index in [1.165, 1.54) is 0 Å². The van der Waals surface area contributed by atoms with Gasteiger partial charge < -0.3 is 15.2 Å². The van der Waals surface area contributed by atoms with Crippen LogP contribution in [-0.2, 0) is 24.3 Å². The average molecular weight is 372 g/mol. The van der Waals surface area contributed by atoms with Crippen molar-refractivity contribution in [3.8, 4) is 0 Å². The first-order valence-electron chi connectivity index (χ1n) is 7.84. The summed E-state index contributed by atoms with van der Waals surface area (Å²) in [5.74, 6) is -1.93. The second-order valence-corrected chi connectivity index (χ2v) is 7.61. The van der Waals surface area contributed by atoms with E-state index in [0.717, 1.165) is 0 Å². The number of aliphatic carboxylic acids is 1. The second-order valence-electron chi connectivity index (χ2n) is 5.69. The van der Waals surface area contributed by atoms with Crippen LogP contribution in [0.5, 0.6) is 0 Å². The molecule has 8 nitrogen and oxygen atoms in total. The molecule has 1 amide bonds. The highest BCUT2D eigenvalue weighted by molar-refractivity contribution is 7.89. The first-order chi connectivity index (χ1) is 11.7. The van der Waals surface area contributed by atoms with Crippen LogP contribution in [0.15, 0.2) is 30.3 Å². The summed E-state index contributed by atoms with van der Waals surface area (Å²) in [6, 6.07) is 7.89. The number of ether oxygens (including phenoxy) is 1. The van der Waals surface area contributed by atoms with Gasteiger partial charge in [0.15, 0.2) is 0 Å². The average Bonchev–Trinajstić information content (AvgIpc) is 2.52. The Labute approximate surface area is 147 Å². The molecule has 0 aromatic heterocycles. The van der Waals surface area contributed by atoms with E-state index in [2.05, 4.69) is 10.0 Å². The number of sulfonamides is 1. The lowest BCUT2D eigenvalue weighted by Crippen LogP contribution is -2.40. The predicted octanol–water partition coefficient (Wildman–Crippen LogP) is 0.663. The molecular formula is C16H24N2O6S. The van der Waals surface area contributed by atoms with Gasteiger partial charge >= 0.3 is 5.97 Å². The van der Waals surface area contributed by atoms with Gasteiger partial charge in [0.25, 0.3) is 0 Å². The van der Waals surface area contributed by atoms with Gasteiger partial charge in [-0.05, 0) is 19.4 Å². The fourth-order valence-electron chi connectivity index (χ4n) is 2.00. The molecule has 0 aliphatic carbocycles. The van der Waals surface area contributed by atoms with Gasteiger partial charge in [0.05, 0.1) is 37.5 Å². The molecule has 0 aliphatic heterocycles. The summed E-state index contributed by atoms with van der Waals surface area (Å²) in [6.07, 6.45) is -0.383. The van der Waals surface area contributed by atoms with Crippen LogP contribution in [-0.4, -0.2) is 50.4 Å². The predicted molar refractivity (Wildman–Crippen MR) is 92.5 cm³/mol. The maximum atomic E-state index is 12.0. The molecule has 0 spiro atoms. The van der Waals surface area contributed by atoms with E-state index in [1.54, 1.807) is 44.2 Å². The minimum absolute atomic E-state index is 0.0280. The molecule has 0 aliphatic rings. The Balaban J connectivity index is 2.56. The minimum atomic E-state index is -3.65. The third kappa shape index (κ3) is 9.18. The topological polar surface area (TPSA) is 122 Å². The molecule has 1 aromatic carbocycles. The Morgan fingerprint density at radius 2 is 1.84 bits per heavy atom. The number of carbonyl (C=O) groups excluding carboxylic acids is 1. The van der Waals surface area contributed by atoms with Crippen molar-refractivity contribution in [2.45, 2.75) is 32.4 Å². The number of rotatable bonds is 11. The maximum absolute atomic E-state index is 12.0. The van der Waals surface area contributed by atoms with Gasteiger partial charge in [-0.3, -0.25) is 9.59 Å². The van der Waals surface area contributed by atoms with Crippen LogP contribution in [0.25, 0.3) is 0 Å². The molecule has 1 aromatic rings. The van der Waals surface area contributed by atoms with Crippen molar-refractivity contribution in [1.82, 2.24) is 10.0 Å². The SMILES string of the molecule is CC(C)OCCS(=O)(=O)NCC(=O)NC(CC(=O)O)c1ccccc1. The molecule has 0 bridgehead atoms. The third-order valence-electron chi connectivity index (χ3n) is 3.17. The maximum Gasteiger partial charge on any atom is 0.305 e. The van der Waals surface area contributed by atoms with E-state index in [4.69, 9.17) is 9.84 Å². The molecule has 9 heteroatoms. The number of hydrogen-bond acceptors (Lipinski definition) is 5. The van der Waals surface area contributed by atoms with Gasteiger partial charge in [-0.1, -0.05) is 30.3 Å². The van der Waals surface area contributed by atoms with Crippen LogP contribution >= 0.6 is 0 Å². The smallest absolute Gasteiger partial charge is 0.305 e. The Kier molecular flexibility index (Phi) is 8.53. The Morgan fingerprint density at radius 3 is 2.40 bits per heavy atom. The summed E-state index contributed by atoms with van der Waals surface area (Å²) in [6.45, 7) is 3.15. The highest BCUT2D eigenvalue weighted by Gasteiger charge is 2.19. The number of benzene rings is 1. The first-order valence-corrected chi connectivity index (χ1v) is 9.50. The van der Waals surface area contributed by atoms with Gasteiger partial charge in [-0.2, -0.15) is 0 Å². The van der Waals surface area contributed by atoms with E-state index in [1.807, 2.05) is 0 Å². The summed E-state index contributed by atoms with van der Waals surface area (Å²) >= 11 is 0. The standard InChI is InChI=1S/C16H24N2O6S/c1-12(2)24-8-9-25(22,23)17-11-15(19)18-14(10-16(20)21)13-6-4-3-5-7-13/h3-7,12,14,17H,8-11H2,1-2H3,(H,18,19)(H,20,21). The van der Waals surface area contributed by atoms with Crippen molar-refractivity contribution in [3.63, 3.8) is 0 Å². The molecule has 0 fully saturated rings. The van der Waals surface area contributed by atoms with Crippen LogP contribution in [0, 0.1) is 0 Å². The highest BCUT2D eigenvalue weighted by atomic mass is 32.2. The van der Waals surface area contributed by atoms with Crippen LogP contribution < -0.4 is 10.0 Å². The zero-order valence-corrected chi connectivity index (χ0v) is 15.1. The first kappa shape index (κ1) is 21.1. The number of carbonyl (C=O) groups is 2. The minimum Gasteiger partial charge on any atom is -0.481 e. The van der Waals surface area contributed by atoms with Crippen molar-refractivity contribution in [2.75, 3.05) is 18.9 Å². The monoisotopic (exact) mass is 372 g/mol. The molecule has 0 heterocycles. The van der Waals surface area contributed by atoms with E-state index in [0.29, 0.717) is 5.56 Å². The quantitative estimate of drug-likeness (QED) is 0.525. The fraction of sp³-hybridized carbons (Fsp3) is 0.500. The van der Waals surface area contributed by atoms with Gasteiger partial charge in [0, 0.05) is 0 Å². The van der Waals surface area contributed by atoms with Gasteiger partial charge in [0.2, 0.25) is 15.9 Å². The molecular weight excluding hydrogens is 348 g/mol. The van der Waals surface area contributed by atoms with Crippen molar-refractivity contribution in [2.24, 2.45) is 0 Å². The molecule has 140 valence electrons. The van der Waals surface area contributed by atoms with Crippen LogP contribution in [0.2, 0.25) is 0 Å². The molecule has 1 rings (SSSR count). The molecule has 25 heavy (non-hydrogen) atoms. The van der Waals surface area contributed by atoms with Gasteiger partial charge in [-0.25, -0.2) is 13.1 Å². The largest absolute Gasteiger partial charge is 0.481 e. The number of nitrogens with one attached hydrogen (secondary N) is 2. The number of hydrogen-bond donors (Lipinski definition) is 3. The number of carboxylic acid groups (broad SMARTS) is 1.